The zero-order valence-electron chi connectivity index (χ0n) is 15.7. The Morgan fingerprint density at radius 3 is 2.40 bits per heavy atom. The molecule has 1 aliphatic rings. The van der Waals surface area contributed by atoms with E-state index in [1.807, 2.05) is 0 Å². The molecule has 1 amide bonds. The summed E-state index contributed by atoms with van der Waals surface area (Å²) in [5, 5.41) is 2.05. The first kappa shape index (κ1) is 22.4. The number of alkyl halides is 2. The van der Waals surface area contributed by atoms with E-state index < -0.39 is 52.1 Å². The Morgan fingerprint density at radius 1 is 1.20 bits per heavy atom. The average Bonchev–Trinajstić information content (AvgIpc) is 2.81. The van der Waals surface area contributed by atoms with E-state index in [4.69, 9.17) is 11.6 Å². The Hall–Kier alpha value is -2.31. The molecule has 0 spiro atoms. The average molecular weight is 469 g/mol. The Morgan fingerprint density at radius 2 is 1.83 bits per heavy atom. The Bertz CT molecular complexity index is 1110. The molecule has 0 atom stereocenters. The maximum Gasteiger partial charge on any atom is 0.299 e. The number of rotatable bonds is 6. The molecular formula is C17H17ClF4N4O3S. The van der Waals surface area contributed by atoms with Gasteiger partial charge in [-0.3, -0.25) is 9.52 Å². The minimum absolute atomic E-state index is 0.0428. The second-order valence-electron chi connectivity index (χ2n) is 7.38. The summed E-state index contributed by atoms with van der Waals surface area (Å²) in [4.78, 5) is 12.5. The minimum Gasteiger partial charge on any atom is -0.343 e. The first-order chi connectivity index (χ1) is 13.7. The van der Waals surface area contributed by atoms with Crippen molar-refractivity contribution in [3.63, 3.8) is 0 Å². The summed E-state index contributed by atoms with van der Waals surface area (Å²) < 4.78 is 82.6. The van der Waals surface area contributed by atoms with Gasteiger partial charge < -0.3 is 9.88 Å². The Labute approximate surface area is 174 Å². The van der Waals surface area contributed by atoms with Crippen LogP contribution < -0.4 is 14.8 Å². The number of nitrogens with zero attached hydrogens (tertiary/aromatic N) is 1. The molecule has 1 fully saturated rings. The third-order valence-corrected chi connectivity index (χ3v) is 6.07. The van der Waals surface area contributed by atoms with Crippen LogP contribution in [0.1, 0.15) is 30.3 Å². The van der Waals surface area contributed by atoms with Crippen molar-refractivity contribution < 1.29 is 30.8 Å². The quantitative estimate of drug-likeness (QED) is 0.565. The van der Waals surface area contributed by atoms with Gasteiger partial charge in [0.1, 0.15) is 5.69 Å². The monoisotopic (exact) mass is 468 g/mol. The lowest BCUT2D eigenvalue weighted by atomic mass is 9.76. The number of amides is 1. The van der Waals surface area contributed by atoms with E-state index in [9.17, 15) is 30.8 Å². The molecule has 0 saturated heterocycles. The van der Waals surface area contributed by atoms with Crippen LogP contribution in [0.4, 0.5) is 28.9 Å². The Balaban J connectivity index is 1.76. The van der Waals surface area contributed by atoms with Gasteiger partial charge in [0.15, 0.2) is 11.6 Å². The van der Waals surface area contributed by atoms with Crippen LogP contribution in [0.15, 0.2) is 24.4 Å². The number of hydrogen-bond acceptors (Lipinski definition) is 3. The van der Waals surface area contributed by atoms with Gasteiger partial charge in [0.05, 0.1) is 10.7 Å². The summed E-state index contributed by atoms with van der Waals surface area (Å²) in [6, 6.07) is 2.73. The molecule has 1 saturated carbocycles. The normalized spacial score (nSPS) is 17.3. The smallest absolute Gasteiger partial charge is 0.299 e. The van der Waals surface area contributed by atoms with Crippen molar-refractivity contribution in [3.8, 4) is 0 Å². The number of carbonyl (C=O) groups excluding carboxylic acids is 1. The van der Waals surface area contributed by atoms with Crippen LogP contribution in [-0.4, -0.2) is 30.4 Å². The summed E-state index contributed by atoms with van der Waals surface area (Å²) in [6.07, 6.45) is -0.0872. The van der Waals surface area contributed by atoms with Crippen LogP contribution >= 0.6 is 11.6 Å². The lowest BCUT2D eigenvalue weighted by Gasteiger charge is -2.44. The Kier molecular flexibility index (Phi) is 5.54. The summed E-state index contributed by atoms with van der Waals surface area (Å²) >= 11 is 6.13. The highest BCUT2D eigenvalue weighted by Gasteiger charge is 2.55. The summed E-state index contributed by atoms with van der Waals surface area (Å²) in [6.45, 7) is 1.34. The fourth-order valence-electron chi connectivity index (χ4n) is 3.35. The van der Waals surface area contributed by atoms with Crippen molar-refractivity contribution >= 4 is 39.1 Å². The second-order valence-corrected chi connectivity index (χ2v) is 9.17. The van der Waals surface area contributed by atoms with Gasteiger partial charge in [0, 0.05) is 43.4 Å². The van der Waals surface area contributed by atoms with Crippen LogP contribution in [0.2, 0.25) is 5.02 Å². The fraction of sp³-hybridized carbons (Fsp3) is 0.353. The van der Waals surface area contributed by atoms with E-state index >= 15 is 0 Å². The first-order valence-electron chi connectivity index (χ1n) is 8.51. The third kappa shape index (κ3) is 4.71. The van der Waals surface area contributed by atoms with Gasteiger partial charge in [-0.15, -0.1) is 0 Å². The van der Waals surface area contributed by atoms with Crippen molar-refractivity contribution in [2.75, 3.05) is 10.0 Å². The molecule has 0 bridgehead atoms. The molecule has 0 aliphatic heterocycles. The number of aromatic nitrogens is 1. The molecule has 30 heavy (non-hydrogen) atoms. The molecule has 3 rings (SSSR count). The number of aryl methyl sites for hydroxylation is 1. The van der Waals surface area contributed by atoms with Gasteiger partial charge in [-0.05, 0) is 19.1 Å². The van der Waals surface area contributed by atoms with Gasteiger partial charge in [0.25, 0.3) is 22.0 Å². The number of nitrogens with one attached hydrogen (secondary N) is 3. The largest absolute Gasteiger partial charge is 0.343 e. The highest BCUT2D eigenvalue weighted by atomic mass is 35.5. The fourth-order valence-corrected chi connectivity index (χ4v) is 5.01. The molecule has 0 radical (unpaired) electrons. The highest BCUT2D eigenvalue weighted by Crippen LogP contribution is 2.45. The zero-order chi connectivity index (χ0) is 22.5. The van der Waals surface area contributed by atoms with Gasteiger partial charge in [-0.25, -0.2) is 17.6 Å². The van der Waals surface area contributed by atoms with Crippen molar-refractivity contribution in [1.82, 2.24) is 9.29 Å². The molecule has 13 heteroatoms. The van der Waals surface area contributed by atoms with Crippen LogP contribution in [-0.2, 0) is 17.3 Å². The van der Waals surface area contributed by atoms with E-state index in [1.165, 1.54) is 24.7 Å². The predicted molar refractivity (Wildman–Crippen MR) is 103 cm³/mol. The van der Waals surface area contributed by atoms with E-state index in [0.29, 0.717) is 0 Å². The molecule has 3 N–H and O–H groups in total. The van der Waals surface area contributed by atoms with Crippen LogP contribution in [0.5, 0.6) is 0 Å². The molecule has 1 aromatic carbocycles. The number of halogens is 5. The second kappa shape index (κ2) is 7.43. The molecular weight excluding hydrogens is 452 g/mol. The van der Waals surface area contributed by atoms with Crippen molar-refractivity contribution in [2.45, 2.75) is 31.2 Å². The summed E-state index contributed by atoms with van der Waals surface area (Å²) in [5.74, 6) is -6.00. The minimum atomic E-state index is -4.28. The van der Waals surface area contributed by atoms with E-state index in [1.54, 1.807) is 0 Å². The lowest BCUT2D eigenvalue weighted by Crippen LogP contribution is -2.61. The first-order valence-corrected chi connectivity index (χ1v) is 10.4. The molecule has 1 aliphatic carbocycles. The SMILES string of the molecule is Cn1cc(NS(=O)(=O)NC2(C)CC(F)(F)C2)c(Cl)c1C(=O)Nc1ccc(F)c(F)c1. The van der Waals surface area contributed by atoms with Crippen molar-refractivity contribution in [3.05, 3.63) is 46.7 Å². The molecule has 2 aromatic rings. The lowest BCUT2D eigenvalue weighted by molar-refractivity contribution is -0.121. The highest BCUT2D eigenvalue weighted by molar-refractivity contribution is 7.90. The number of anilines is 2. The van der Waals surface area contributed by atoms with E-state index in [0.717, 1.165) is 18.2 Å². The van der Waals surface area contributed by atoms with Crippen LogP contribution in [0, 0.1) is 11.6 Å². The number of hydrogen-bond donors (Lipinski definition) is 3. The standard InChI is InChI=1S/C17H17ClF4N4O3S/c1-16(7-17(21,22)8-16)25-30(28,29)24-12-6-26(2)14(13(12)18)15(27)23-9-3-4-10(19)11(20)5-9/h3-6,24-25H,7-8H2,1-2H3,(H,23,27). The van der Waals surface area contributed by atoms with Gasteiger partial charge in [-0.1, -0.05) is 11.6 Å². The molecule has 7 nitrogen and oxygen atoms in total. The number of carbonyl (C=O) groups is 1. The maximum atomic E-state index is 13.3. The summed E-state index contributed by atoms with van der Waals surface area (Å²) in [7, 11) is -2.87. The van der Waals surface area contributed by atoms with Gasteiger partial charge in [0.2, 0.25) is 0 Å². The number of benzene rings is 1. The van der Waals surface area contributed by atoms with Gasteiger partial charge in [-0.2, -0.15) is 13.1 Å². The molecule has 1 heterocycles. The topological polar surface area (TPSA) is 92.2 Å². The van der Waals surface area contributed by atoms with Gasteiger partial charge >= 0.3 is 0 Å². The molecule has 164 valence electrons. The van der Waals surface area contributed by atoms with E-state index in [-0.39, 0.29) is 22.1 Å². The van der Waals surface area contributed by atoms with Crippen molar-refractivity contribution in [2.24, 2.45) is 7.05 Å². The van der Waals surface area contributed by atoms with Crippen molar-refractivity contribution in [1.29, 1.82) is 0 Å². The molecule has 0 unspecified atom stereocenters. The molecule has 1 aromatic heterocycles. The van der Waals surface area contributed by atoms with Crippen LogP contribution in [0.3, 0.4) is 0 Å². The third-order valence-electron chi connectivity index (χ3n) is 4.44. The van der Waals surface area contributed by atoms with Crippen LogP contribution in [0.25, 0.3) is 0 Å². The maximum absolute atomic E-state index is 13.3. The predicted octanol–water partition coefficient (Wildman–Crippen LogP) is 3.64. The summed E-state index contributed by atoms with van der Waals surface area (Å²) in [5.41, 5.74) is -1.69. The zero-order valence-corrected chi connectivity index (χ0v) is 17.3. The van der Waals surface area contributed by atoms with E-state index in [2.05, 4.69) is 14.8 Å².